The average Bonchev–Trinajstić information content (AvgIpc) is 2.17. The van der Waals surface area contributed by atoms with Crippen molar-refractivity contribution in [3.63, 3.8) is 0 Å². The van der Waals surface area contributed by atoms with Crippen molar-refractivity contribution in [1.82, 2.24) is 0 Å². The van der Waals surface area contributed by atoms with E-state index in [9.17, 15) is 18.3 Å². The van der Waals surface area contributed by atoms with Gasteiger partial charge in [0.15, 0.2) is 5.60 Å². The van der Waals surface area contributed by atoms with Gasteiger partial charge in [-0.2, -0.15) is 13.2 Å². The SMILES string of the molecule is C/C(=C\c1ccccc1)C(C)(O)C(F)(F)F. The molecule has 0 aromatic heterocycles. The zero-order valence-corrected chi connectivity index (χ0v) is 9.05. The van der Waals surface area contributed by atoms with Crippen LogP contribution in [0.1, 0.15) is 19.4 Å². The molecule has 88 valence electrons. The Bertz CT molecular complexity index is 377. The van der Waals surface area contributed by atoms with Crippen LogP contribution in [-0.2, 0) is 0 Å². The third-order valence-corrected chi connectivity index (χ3v) is 2.50. The second kappa shape index (κ2) is 4.29. The van der Waals surface area contributed by atoms with Gasteiger partial charge >= 0.3 is 6.18 Å². The van der Waals surface area contributed by atoms with Crippen molar-refractivity contribution < 1.29 is 18.3 Å². The van der Waals surface area contributed by atoms with Gasteiger partial charge in [-0.15, -0.1) is 0 Å². The van der Waals surface area contributed by atoms with E-state index in [1.54, 1.807) is 30.3 Å². The Labute approximate surface area is 92.2 Å². The Kier molecular flexibility index (Phi) is 3.43. The molecule has 1 N–H and O–H groups in total. The van der Waals surface area contributed by atoms with Crippen molar-refractivity contribution in [2.24, 2.45) is 0 Å². The van der Waals surface area contributed by atoms with Gasteiger partial charge in [-0.25, -0.2) is 0 Å². The lowest BCUT2D eigenvalue weighted by atomic mass is 9.94. The summed E-state index contributed by atoms with van der Waals surface area (Å²) >= 11 is 0. The molecule has 1 rings (SSSR count). The average molecular weight is 230 g/mol. The van der Waals surface area contributed by atoms with Crippen LogP contribution < -0.4 is 0 Å². The number of aliphatic hydroxyl groups is 1. The molecule has 0 aliphatic rings. The Morgan fingerprint density at radius 3 is 2.12 bits per heavy atom. The van der Waals surface area contributed by atoms with Gasteiger partial charge in [0, 0.05) is 0 Å². The Balaban J connectivity index is 3.03. The van der Waals surface area contributed by atoms with E-state index in [2.05, 4.69) is 0 Å². The predicted molar refractivity (Wildman–Crippen MR) is 56.8 cm³/mol. The zero-order chi connectivity index (χ0) is 12.4. The minimum Gasteiger partial charge on any atom is -0.377 e. The molecule has 0 radical (unpaired) electrons. The lowest BCUT2D eigenvalue weighted by molar-refractivity contribution is -0.236. The second-order valence-corrected chi connectivity index (χ2v) is 3.81. The predicted octanol–water partition coefficient (Wildman–Crippen LogP) is 3.40. The third kappa shape index (κ3) is 2.64. The fourth-order valence-electron chi connectivity index (χ4n) is 1.16. The van der Waals surface area contributed by atoms with Crippen LogP contribution in [0.15, 0.2) is 35.9 Å². The van der Waals surface area contributed by atoms with E-state index in [0.29, 0.717) is 5.56 Å². The van der Waals surface area contributed by atoms with Crippen LogP contribution in [0.5, 0.6) is 0 Å². The molecule has 0 fully saturated rings. The summed E-state index contributed by atoms with van der Waals surface area (Å²) in [6.07, 6.45) is -3.34. The minimum atomic E-state index is -4.66. The number of hydrogen-bond acceptors (Lipinski definition) is 1. The van der Waals surface area contributed by atoms with Crippen LogP contribution in [0.3, 0.4) is 0 Å². The van der Waals surface area contributed by atoms with Crippen molar-refractivity contribution in [2.75, 3.05) is 0 Å². The molecule has 0 bridgehead atoms. The summed E-state index contributed by atoms with van der Waals surface area (Å²) in [5, 5.41) is 9.39. The molecule has 4 heteroatoms. The zero-order valence-electron chi connectivity index (χ0n) is 9.05. The number of benzene rings is 1. The van der Waals surface area contributed by atoms with Gasteiger partial charge in [-0.3, -0.25) is 0 Å². The number of alkyl halides is 3. The first-order valence-corrected chi connectivity index (χ1v) is 4.78. The molecule has 1 atom stereocenters. The van der Waals surface area contributed by atoms with Gasteiger partial charge in [0.05, 0.1) is 0 Å². The number of hydrogen-bond donors (Lipinski definition) is 1. The summed E-state index contributed by atoms with van der Waals surface area (Å²) < 4.78 is 37.5. The highest BCUT2D eigenvalue weighted by Crippen LogP contribution is 2.36. The van der Waals surface area contributed by atoms with Gasteiger partial charge in [-0.1, -0.05) is 36.4 Å². The summed E-state index contributed by atoms with van der Waals surface area (Å²) in [5.74, 6) is 0. The fourth-order valence-corrected chi connectivity index (χ4v) is 1.16. The molecule has 0 saturated carbocycles. The quantitative estimate of drug-likeness (QED) is 0.825. The molecule has 1 nitrogen and oxygen atoms in total. The largest absolute Gasteiger partial charge is 0.420 e. The Morgan fingerprint density at radius 1 is 1.19 bits per heavy atom. The van der Waals surface area contributed by atoms with Crippen LogP contribution in [0.4, 0.5) is 13.2 Å². The van der Waals surface area contributed by atoms with Crippen LogP contribution in [-0.4, -0.2) is 16.9 Å². The van der Waals surface area contributed by atoms with E-state index >= 15 is 0 Å². The summed E-state index contributed by atoms with van der Waals surface area (Å²) in [4.78, 5) is 0. The summed E-state index contributed by atoms with van der Waals surface area (Å²) in [5.41, 5.74) is -2.29. The summed E-state index contributed by atoms with van der Waals surface area (Å²) in [7, 11) is 0. The smallest absolute Gasteiger partial charge is 0.377 e. The van der Waals surface area contributed by atoms with Crippen LogP contribution in [0, 0.1) is 0 Å². The van der Waals surface area contributed by atoms with Crippen molar-refractivity contribution in [1.29, 1.82) is 0 Å². The third-order valence-electron chi connectivity index (χ3n) is 2.50. The lowest BCUT2D eigenvalue weighted by Gasteiger charge is -2.27. The molecule has 0 aliphatic carbocycles. The molecule has 0 spiro atoms. The van der Waals surface area contributed by atoms with Crippen molar-refractivity contribution in [3.8, 4) is 0 Å². The number of halogens is 3. The van der Waals surface area contributed by atoms with E-state index in [1.807, 2.05) is 0 Å². The molecular formula is C12H13F3O. The molecule has 0 aliphatic heterocycles. The molecule has 1 aromatic carbocycles. The maximum Gasteiger partial charge on any atom is 0.420 e. The monoisotopic (exact) mass is 230 g/mol. The van der Waals surface area contributed by atoms with Crippen molar-refractivity contribution in [3.05, 3.63) is 41.5 Å². The van der Waals surface area contributed by atoms with Gasteiger partial charge in [0.2, 0.25) is 0 Å². The molecule has 16 heavy (non-hydrogen) atoms. The minimum absolute atomic E-state index is 0.133. The highest BCUT2D eigenvalue weighted by atomic mass is 19.4. The molecule has 0 amide bonds. The second-order valence-electron chi connectivity index (χ2n) is 3.81. The lowest BCUT2D eigenvalue weighted by Crippen LogP contribution is -2.43. The standard InChI is InChI=1S/C12H13F3O/c1-9(11(2,16)12(13,14)15)8-10-6-4-3-5-7-10/h3-8,16H,1-2H3/b9-8+. The maximum absolute atomic E-state index is 12.5. The molecule has 1 aromatic rings. The molecule has 0 saturated heterocycles. The first-order chi connectivity index (χ1) is 7.25. The Morgan fingerprint density at radius 2 is 1.69 bits per heavy atom. The van der Waals surface area contributed by atoms with Gasteiger partial charge in [0.25, 0.3) is 0 Å². The highest BCUT2D eigenvalue weighted by molar-refractivity contribution is 5.54. The fraction of sp³-hybridized carbons (Fsp3) is 0.333. The van der Waals surface area contributed by atoms with Crippen LogP contribution >= 0.6 is 0 Å². The van der Waals surface area contributed by atoms with Crippen molar-refractivity contribution in [2.45, 2.75) is 25.6 Å². The molecule has 0 heterocycles. The van der Waals surface area contributed by atoms with E-state index in [4.69, 9.17) is 0 Å². The number of rotatable bonds is 2. The highest BCUT2D eigenvalue weighted by Gasteiger charge is 2.50. The normalized spacial score (nSPS) is 17.0. The van der Waals surface area contributed by atoms with Gasteiger partial charge < -0.3 is 5.11 Å². The van der Waals surface area contributed by atoms with E-state index in [1.165, 1.54) is 13.0 Å². The molecular weight excluding hydrogens is 217 g/mol. The van der Waals surface area contributed by atoms with Gasteiger partial charge in [0.1, 0.15) is 0 Å². The van der Waals surface area contributed by atoms with Crippen LogP contribution in [0.2, 0.25) is 0 Å². The first-order valence-electron chi connectivity index (χ1n) is 4.78. The van der Waals surface area contributed by atoms with E-state index < -0.39 is 11.8 Å². The summed E-state index contributed by atoms with van der Waals surface area (Å²) in [6.45, 7) is 2.02. The maximum atomic E-state index is 12.5. The summed E-state index contributed by atoms with van der Waals surface area (Å²) in [6, 6.07) is 8.57. The first kappa shape index (κ1) is 12.8. The van der Waals surface area contributed by atoms with Crippen LogP contribution in [0.25, 0.3) is 6.08 Å². The molecule has 1 unspecified atom stereocenters. The van der Waals surface area contributed by atoms with E-state index in [-0.39, 0.29) is 5.57 Å². The van der Waals surface area contributed by atoms with Crippen molar-refractivity contribution >= 4 is 6.08 Å². The van der Waals surface area contributed by atoms with E-state index in [0.717, 1.165) is 6.92 Å². The topological polar surface area (TPSA) is 20.2 Å². The Hall–Kier alpha value is -1.29. The van der Waals surface area contributed by atoms with Gasteiger partial charge in [-0.05, 0) is 25.0 Å².